The fraction of sp³-hybridized carbons (Fsp3) is 0.417. The van der Waals surface area contributed by atoms with Crippen LogP contribution < -0.4 is 15.2 Å². The molecule has 0 saturated heterocycles. The second-order valence-electron chi connectivity index (χ2n) is 3.93. The predicted molar refractivity (Wildman–Crippen MR) is 61.1 cm³/mol. The molecule has 104 valence electrons. The van der Waals surface area contributed by atoms with Crippen molar-refractivity contribution in [3.8, 4) is 11.5 Å². The molecule has 0 bridgehead atoms. The summed E-state index contributed by atoms with van der Waals surface area (Å²) >= 11 is 0. The Hall–Kier alpha value is -1.89. The summed E-state index contributed by atoms with van der Waals surface area (Å²) in [5.74, 6) is -4.66. The van der Waals surface area contributed by atoms with E-state index in [0.717, 1.165) is 0 Å². The van der Waals surface area contributed by atoms with Gasteiger partial charge in [0.05, 0.1) is 6.61 Å². The van der Waals surface area contributed by atoms with Crippen molar-refractivity contribution in [3.63, 3.8) is 0 Å². The summed E-state index contributed by atoms with van der Waals surface area (Å²) in [7, 11) is 0. The Morgan fingerprint density at radius 2 is 2.16 bits per heavy atom. The highest BCUT2D eigenvalue weighted by Gasteiger charge is 2.48. The molecule has 1 aromatic carbocycles. The Bertz CT molecular complexity index is 493. The van der Waals surface area contributed by atoms with E-state index >= 15 is 0 Å². The second-order valence-corrected chi connectivity index (χ2v) is 3.93. The van der Waals surface area contributed by atoms with Gasteiger partial charge in [-0.25, -0.2) is 4.79 Å². The molecule has 0 fully saturated rings. The topological polar surface area (TPSA) is 70.8 Å². The van der Waals surface area contributed by atoms with E-state index in [1.54, 1.807) is 0 Å². The maximum atomic E-state index is 13.8. The van der Waals surface area contributed by atoms with Gasteiger partial charge in [-0.3, -0.25) is 0 Å². The molecule has 19 heavy (non-hydrogen) atoms. The summed E-state index contributed by atoms with van der Waals surface area (Å²) in [4.78, 5) is 11.2. The van der Waals surface area contributed by atoms with Crippen molar-refractivity contribution in [2.24, 2.45) is 5.73 Å². The van der Waals surface area contributed by atoms with Crippen molar-refractivity contribution in [1.82, 2.24) is 0 Å². The lowest BCUT2D eigenvalue weighted by molar-refractivity contribution is -0.174. The molecule has 1 aliphatic rings. The molecular weight excluding hydrogens is 260 g/mol. The van der Waals surface area contributed by atoms with Gasteiger partial charge in [-0.2, -0.15) is 8.78 Å². The van der Waals surface area contributed by atoms with Crippen molar-refractivity contribution >= 4 is 5.97 Å². The number of alkyl halides is 2. The smallest absolute Gasteiger partial charge is 0.379 e. The van der Waals surface area contributed by atoms with Crippen molar-refractivity contribution < 1.29 is 27.8 Å². The van der Waals surface area contributed by atoms with E-state index in [1.165, 1.54) is 25.1 Å². The Labute approximate surface area is 108 Å². The van der Waals surface area contributed by atoms with Gasteiger partial charge in [0.25, 0.3) is 0 Å². The molecule has 0 radical (unpaired) electrons. The first-order valence-electron chi connectivity index (χ1n) is 5.67. The molecule has 0 aliphatic carbocycles. The van der Waals surface area contributed by atoms with Crippen LogP contribution in [0.2, 0.25) is 0 Å². The number of fused-ring (bicyclic) bond motifs is 1. The number of halogens is 2. The van der Waals surface area contributed by atoms with Gasteiger partial charge in [-0.1, -0.05) is 6.07 Å². The minimum Gasteiger partial charge on any atom is -0.462 e. The maximum Gasteiger partial charge on any atom is 0.379 e. The van der Waals surface area contributed by atoms with E-state index in [2.05, 4.69) is 4.74 Å². The van der Waals surface area contributed by atoms with Crippen molar-refractivity contribution in [2.45, 2.75) is 18.9 Å². The van der Waals surface area contributed by atoms with Gasteiger partial charge >= 0.3 is 11.9 Å². The monoisotopic (exact) mass is 273 g/mol. The summed E-state index contributed by atoms with van der Waals surface area (Å²) in [5.41, 5.74) is 5.52. The van der Waals surface area contributed by atoms with Gasteiger partial charge in [0.2, 0.25) is 6.79 Å². The van der Waals surface area contributed by atoms with Gasteiger partial charge in [0.1, 0.15) is 6.04 Å². The van der Waals surface area contributed by atoms with Gasteiger partial charge in [0, 0.05) is 0 Å². The van der Waals surface area contributed by atoms with Crippen molar-refractivity contribution in [2.75, 3.05) is 13.4 Å². The van der Waals surface area contributed by atoms with Crippen LogP contribution in [-0.2, 0) is 9.53 Å². The highest BCUT2D eigenvalue weighted by Crippen LogP contribution is 2.37. The van der Waals surface area contributed by atoms with Crippen LogP contribution in [0.25, 0.3) is 0 Å². The molecule has 1 heterocycles. The zero-order valence-corrected chi connectivity index (χ0v) is 10.2. The van der Waals surface area contributed by atoms with Crippen LogP contribution >= 0.6 is 0 Å². The largest absolute Gasteiger partial charge is 0.462 e. The average molecular weight is 273 g/mol. The Morgan fingerprint density at radius 1 is 1.47 bits per heavy atom. The molecule has 1 aromatic rings. The minimum atomic E-state index is -3.80. The van der Waals surface area contributed by atoms with Gasteiger partial charge in [0.15, 0.2) is 11.5 Å². The maximum absolute atomic E-state index is 13.8. The zero-order valence-electron chi connectivity index (χ0n) is 10.2. The average Bonchev–Trinajstić information content (AvgIpc) is 2.85. The van der Waals surface area contributed by atoms with Crippen LogP contribution in [0.5, 0.6) is 11.5 Å². The number of hydrogen-bond acceptors (Lipinski definition) is 5. The highest BCUT2D eigenvalue weighted by molar-refractivity contribution is 5.79. The lowest BCUT2D eigenvalue weighted by Gasteiger charge is -2.21. The molecule has 1 atom stereocenters. The fourth-order valence-electron chi connectivity index (χ4n) is 1.67. The van der Waals surface area contributed by atoms with Gasteiger partial charge in [-0.05, 0) is 24.6 Å². The highest BCUT2D eigenvalue weighted by atomic mass is 19.3. The number of hydrogen-bond donors (Lipinski definition) is 1. The molecule has 1 aliphatic heterocycles. The quantitative estimate of drug-likeness (QED) is 0.844. The summed E-state index contributed by atoms with van der Waals surface area (Å²) in [6.07, 6.45) is 0. The van der Waals surface area contributed by atoms with E-state index in [4.69, 9.17) is 15.2 Å². The van der Waals surface area contributed by atoms with Crippen LogP contribution in [0.3, 0.4) is 0 Å². The van der Waals surface area contributed by atoms with E-state index in [1.807, 2.05) is 0 Å². The molecule has 5 nitrogen and oxygen atoms in total. The summed E-state index contributed by atoms with van der Waals surface area (Å²) < 4.78 is 42.0. The van der Waals surface area contributed by atoms with Gasteiger partial charge in [-0.15, -0.1) is 0 Å². The van der Waals surface area contributed by atoms with Crippen LogP contribution in [0.1, 0.15) is 18.5 Å². The number of carbonyl (C=O) groups excluding carboxylic acids is 1. The first kappa shape index (κ1) is 13.5. The third-order valence-electron chi connectivity index (χ3n) is 2.69. The SMILES string of the molecule is CCOC(=O)C(F)(F)[C@H](N)c1ccc2c(c1)OCO2. The van der Waals surface area contributed by atoms with Crippen LogP contribution in [-0.4, -0.2) is 25.3 Å². The third kappa shape index (κ3) is 2.46. The number of esters is 1. The summed E-state index contributed by atoms with van der Waals surface area (Å²) in [6, 6.07) is 2.37. The van der Waals surface area contributed by atoms with Crippen LogP contribution in [0.4, 0.5) is 8.78 Å². The number of benzene rings is 1. The van der Waals surface area contributed by atoms with E-state index < -0.39 is 17.9 Å². The number of nitrogens with two attached hydrogens (primary N) is 1. The molecule has 2 rings (SSSR count). The molecule has 0 unspecified atom stereocenters. The van der Waals surface area contributed by atoms with E-state index in [-0.39, 0.29) is 19.0 Å². The fourth-order valence-corrected chi connectivity index (χ4v) is 1.67. The standard InChI is InChI=1S/C12H13F2NO4/c1-2-17-11(16)12(13,14)10(15)7-3-4-8-9(5-7)19-6-18-8/h3-5,10H,2,6,15H2,1H3/t10-/m1/s1. The van der Waals surface area contributed by atoms with E-state index in [0.29, 0.717) is 11.5 Å². The lowest BCUT2D eigenvalue weighted by atomic mass is 10.0. The summed E-state index contributed by atoms with van der Waals surface area (Å²) in [5, 5.41) is 0. The number of ether oxygens (including phenoxy) is 3. The molecular formula is C12H13F2NO4. The minimum absolute atomic E-state index is 0.0301. The molecule has 0 saturated carbocycles. The number of rotatable bonds is 4. The van der Waals surface area contributed by atoms with Crippen molar-refractivity contribution in [1.29, 1.82) is 0 Å². The Kier molecular flexibility index (Phi) is 3.57. The lowest BCUT2D eigenvalue weighted by Crippen LogP contribution is -2.41. The Balaban J connectivity index is 2.23. The predicted octanol–water partition coefficient (Wildman–Crippen LogP) is 1.61. The molecule has 0 amide bonds. The second kappa shape index (κ2) is 5.00. The Morgan fingerprint density at radius 3 is 2.84 bits per heavy atom. The van der Waals surface area contributed by atoms with Crippen LogP contribution in [0, 0.1) is 0 Å². The zero-order chi connectivity index (χ0) is 14.0. The van der Waals surface area contributed by atoms with Crippen molar-refractivity contribution in [3.05, 3.63) is 23.8 Å². The molecule has 0 spiro atoms. The molecule has 0 aromatic heterocycles. The molecule has 2 N–H and O–H groups in total. The normalized spacial score (nSPS) is 15.2. The first-order chi connectivity index (χ1) is 8.96. The third-order valence-corrected chi connectivity index (χ3v) is 2.69. The van der Waals surface area contributed by atoms with E-state index in [9.17, 15) is 13.6 Å². The summed E-state index contributed by atoms with van der Waals surface area (Å²) in [6.45, 7) is 1.34. The molecule has 7 heteroatoms. The van der Waals surface area contributed by atoms with Crippen LogP contribution in [0.15, 0.2) is 18.2 Å². The first-order valence-corrected chi connectivity index (χ1v) is 5.67. The number of carbonyl (C=O) groups is 1. The van der Waals surface area contributed by atoms with Gasteiger partial charge < -0.3 is 19.9 Å².